The third-order valence-corrected chi connectivity index (χ3v) is 6.04. The molecule has 1 atom stereocenters. The van der Waals surface area contributed by atoms with Gasteiger partial charge in [-0.25, -0.2) is 14.6 Å². The van der Waals surface area contributed by atoms with E-state index in [1.807, 2.05) is 0 Å². The molecular weight excluding hydrogens is 536 g/mol. The Hall–Kier alpha value is -4.42. The van der Waals surface area contributed by atoms with Gasteiger partial charge in [0, 0.05) is 44.1 Å². The molecular formula is C28H36N4O9. The van der Waals surface area contributed by atoms with Gasteiger partial charge in [0.1, 0.15) is 23.1 Å². The summed E-state index contributed by atoms with van der Waals surface area (Å²) >= 11 is 0. The molecule has 13 nitrogen and oxygen atoms in total. The van der Waals surface area contributed by atoms with Crippen LogP contribution in [-0.2, 0) is 23.9 Å². The number of hydrogen-bond acceptors (Lipinski definition) is 9. The molecule has 0 aliphatic carbocycles. The van der Waals surface area contributed by atoms with Crippen molar-refractivity contribution in [3.05, 3.63) is 36.0 Å². The van der Waals surface area contributed by atoms with Gasteiger partial charge in [-0.2, -0.15) is 0 Å². The van der Waals surface area contributed by atoms with Crippen molar-refractivity contribution in [1.82, 2.24) is 20.1 Å². The van der Waals surface area contributed by atoms with Gasteiger partial charge >= 0.3 is 18.0 Å². The lowest BCUT2D eigenvalue weighted by molar-refractivity contribution is -0.155. The van der Waals surface area contributed by atoms with Gasteiger partial charge in [-0.05, 0) is 46.2 Å². The molecule has 41 heavy (non-hydrogen) atoms. The predicted octanol–water partition coefficient (Wildman–Crippen LogP) is 2.22. The molecule has 1 aliphatic heterocycles. The summed E-state index contributed by atoms with van der Waals surface area (Å²) in [4.78, 5) is 69.8. The Morgan fingerprint density at radius 3 is 2.34 bits per heavy atom. The quantitative estimate of drug-likeness (QED) is 0.403. The molecule has 1 aliphatic rings. The van der Waals surface area contributed by atoms with Crippen LogP contribution < -0.4 is 10.1 Å². The second-order valence-electron chi connectivity index (χ2n) is 10.4. The average molecular weight is 573 g/mol. The highest BCUT2D eigenvalue weighted by molar-refractivity contribution is 5.99. The largest absolute Gasteiger partial charge is 0.481 e. The summed E-state index contributed by atoms with van der Waals surface area (Å²) in [7, 11) is 0. The number of esters is 1. The van der Waals surface area contributed by atoms with Crippen LogP contribution in [0.5, 0.6) is 5.75 Å². The Labute approximate surface area is 237 Å². The number of rotatable bonds is 10. The summed E-state index contributed by atoms with van der Waals surface area (Å²) < 4.78 is 15.8. The van der Waals surface area contributed by atoms with E-state index in [2.05, 4.69) is 10.3 Å². The smallest absolute Gasteiger partial charge is 0.409 e. The molecule has 0 spiro atoms. The highest BCUT2D eigenvalue weighted by Crippen LogP contribution is 2.25. The number of carbonyl (C=O) groups is 5. The van der Waals surface area contributed by atoms with Crippen molar-refractivity contribution < 1.29 is 43.3 Å². The van der Waals surface area contributed by atoms with E-state index in [-0.39, 0.29) is 57.1 Å². The molecule has 2 N–H and O–H groups in total. The summed E-state index contributed by atoms with van der Waals surface area (Å²) in [5.41, 5.74) is -0.413. The van der Waals surface area contributed by atoms with Crippen molar-refractivity contribution in [2.24, 2.45) is 0 Å². The van der Waals surface area contributed by atoms with E-state index in [1.54, 1.807) is 52.0 Å². The zero-order valence-electron chi connectivity index (χ0n) is 23.7. The van der Waals surface area contributed by atoms with Crippen LogP contribution in [0.2, 0.25) is 0 Å². The maximum Gasteiger partial charge on any atom is 0.409 e. The minimum Gasteiger partial charge on any atom is -0.481 e. The average Bonchev–Trinajstić information content (AvgIpc) is 2.92. The van der Waals surface area contributed by atoms with Crippen LogP contribution in [0, 0.1) is 0 Å². The molecule has 2 heterocycles. The highest BCUT2D eigenvalue weighted by atomic mass is 16.6. The summed E-state index contributed by atoms with van der Waals surface area (Å²) in [6.07, 6.45) is -0.625. The van der Waals surface area contributed by atoms with E-state index < -0.39 is 48.1 Å². The molecule has 1 saturated heterocycles. The lowest BCUT2D eigenvalue weighted by Gasteiger charge is -2.36. The predicted molar refractivity (Wildman–Crippen MR) is 146 cm³/mol. The first-order valence-corrected chi connectivity index (χ1v) is 13.4. The Balaban J connectivity index is 1.80. The van der Waals surface area contributed by atoms with Crippen LogP contribution in [-0.4, -0.2) is 101 Å². The number of fused-ring (bicyclic) bond motifs is 1. The molecule has 0 bridgehead atoms. The van der Waals surface area contributed by atoms with Gasteiger partial charge in [0.05, 0.1) is 12.1 Å². The van der Waals surface area contributed by atoms with Gasteiger partial charge in [0.2, 0.25) is 5.91 Å². The van der Waals surface area contributed by atoms with E-state index in [1.165, 1.54) is 15.9 Å². The van der Waals surface area contributed by atoms with Gasteiger partial charge in [0.15, 0.2) is 6.61 Å². The topological polar surface area (TPSA) is 165 Å². The fraction of sp³-hybridized carbons (Fsp3) is 0.500. The zero-order chi connectivity index (χ0) is 30.2. The molecule has 1 aromatic carbocycles. The lowest BCUT2D eigenvalue weighted by Crippen LogP contribution is -2.56. The van der Waals surface area contributed by atoms with E-state index in [4.69, 9.17) is 19.3 Å². The number of aliphatic carboxylic acids is 1. The van der Waals surface area contributed by atoms with Crippen molar-refractivity contribution in [2.75, 3.05) is 39.4 Å². The fourth-order valence-corrected chi connectivity index (χ4v) is 4.21. The third-order valence-electron chi connectivity index (χ3n) is 6.04. The molecule has 3 rings (SSSR count). The van der Waals surface area contributed by atoms with Crippen LogP contribution >= 0.6 is 0 Å². The second kappa shape index (κ2) is 13.8. The van der Waals surface area contributed by atoms with Crippen LogP contribution in [0.1, 0.15) is 51.0 Å². The van der Waals surface area contributed by atoms with E-state index in [0.29, 0.717) is 10.9 Å². The van der Waals surface area contributed by atoms with Gasteiger partial charge in [-0.15, -0.1) is 0 Å². The van der Waals surface area contributed by atoms with E-state index in [0.717, 1.165) is 0 Å². The molecule has 2 aromatic rings. The maximum absolute atomic E-state index is 13.5. The molecule has 13 heteroatoms. The molecule has 0 radical (unpaired) electrons. The normalized spacial score (nSPS) is 14.2. The number of nitrogens with one attached hydrogen (secondary N) is 1. The number of carbonyl (C=O) groups excluding carboxylic acids is 4. The fourth-order valence-electron chi connectivity index (χ4n) is 4.21. The van der Waals surface area contributed by atoms with E-state index >= 15 is 0 Å². The van der Waals surface area contributed by atoms with Crippen molar-refractivity contribution in [3.63, 3.8) is 0 Å². The van der Waals surface area contributed by atoms with Crippen molar-refractivity contribution in [1.29, 1.82) is 0 Å². The molecule has 1 aromatic heterocycles. The first kappa shape index (κ1) is 31.1. The lowest BCUT2D eigenvalue weighted by atomic mass is 10.1. The SMILES string of the molecule is CCOC(=O)N1CCN(C(=O)C(CCC(=O)OC(C)(C)C)NC(=O)c2cc(OCC(=O)O)c3ccccc3n2)CC1. The summed E-state index contributed by atoms with van der Waals surface area (Å²) in [6.45, 7) is 7.47. The first-order chi connectivity index (χ1) is 19.4. The highest BCUT2D eigenvalue weighted by Gasteiger charge is 2.32. The number of piperazine rings is 1. The number of carboxylic acids is 1. The van der Waals surface area contributed by atoms with Gasteiger partial charge in [0.25, 0.3) is 5.91 Å². The number of carboxylic acid groups (broad SMARTS) is 1. The van der Waals surface area contributed by atoms with Crippen LogP contribution in [0.3, 0.4) is 0 Å². The number of aromatic nitrogens is 1. The minimum absolute atomic E-state index is 0.0342. The summed E-state index contributed by atoms with van der Waals surface area (Å²) in [5.74, 6) is -2.69. The van der Waals surface area contributed by atoms with Crippen molar-refractivity contribution >= 4 is 40.7 Å². The van der Waals surface area contributed by atoms with Crippen LogP contribution in [0.4, 0.5) is 4.79 Å². The summed E-state index contributed by atoms with van der Waals surface area (Å²) in [5, 5.41) is 12.2. The monoisotopic (exact) mass is 572 g/mol. The maximum atomic E-state index is 13.5. The first-order valence-electron chi connectivity index (χ1n) is 13.4. The van der Waals surface area contributed by atoms with Gasteiger partial charge in [-0.1, -0.05) is 12.1 Å². The molecule has 1 fully saturated rings. The van der Waals surface area contributed by atoms with Crippen LogP contribution in [0.15, 0.2) is 30.3 Å². The Kier molecular flexibility index (Phi) is 10.5. The van der Waals surface area contributed by atoms with Crippen molar-refractivity contribution in [3.8, 4) is 5.75 Å². The number of amides is 3. The minimum atomic E-state index is -1.19. The number of pyridine rings is 1. The third kappa shape index (κ3) is 9.05. The second-order valence-corrected chi connectivity index (χ2v) is 10.4. The van der Waals surface area contributed by atoms with Crippen molar-refractivity contribution in [2.45, 2.75) is 52.2 Å². The standard InChI is InChI=1S/C28H36N4O9/c1-5-39-27(38)32-14-12-31(13-15-32)26(37)20(10-11-24(35)41-28(2,3)4)30-25(36)21-16-22(40-17-23(33)34)18-8-6-7-9-19(18)29-21/h6-9,16,20H,5,10-15,17H2,1-4H3,(H,30,36)(H,33,34). The number of ether oxygens (including phenoxy) is 3. The van der Waals surface area contributed by atoms with E-state index in [9.17, 15) is 24.0 Å². The molecule has 222 valence electrons. The Morgan fingerprint density at radius 2 is 1.71 bits per heavy atom. The molecule has 0 saturated carbocycles. The Bertz CT molecular complexity index is 1280. The van der Waals surface area contributed by atoms with Gasteiger partial charge < -0.3 is 34.4 Å². The number of nitrogens with zero attached hydrogens (tertiary/aromatic N) is 3. The number of benzene rings is 1. The van der Waals surface area contributed by atoms with Gasteiger partial charge in [-0.3, -0.25) is 14.4 Å². The molecule has 1 unspecified atom stereocenters. The number of hydrogen-bond donors (Lipinski definition) is 2. The molecule has 3 amide bonds. The van der Waals surface area contributed by atoms with Crippen LogP contribution in [0.25, 0.3) is 10.9 Å². The Morgan fingerprint density at radius 1 is 1.05 bits per heavy atom. The number of para-hydroxylation sites is 1. The zero-order valence-corrected chi connectivity index (χ0v) is 23.7. The summed E-state index contributed by atoms with van der Waals surface area (Å²) in [6, 6.07) is 6.98.